The number of methoxy groups -OCH3 is 2. The second kappa shape index (κ2) is 8.51. The molecule has 1 unspecified atom stereocenters. The minimum Gasteiger partial charge on any atom is -0.493 e. The minimum atomic E-state index is 0.316. The van der Waals surface area contributed by atoms with E-state index in [9.17, 15) is 0 Å². The number of nitrogens with zero attached hydrogens (tertiary/aromatic N) is 2. The molecule has 0 saturated heterocycles. The maximum atomic E-state index is 5.61. The van der Waals surface area contributed by atoms with Crippen LogP contribution in [0.15, 0.2) is 52.5 Å². The number of hydrogen-bond acceptors (Lipinski definition) is 7. The molecule has 3 aromatic heterocycles. The van der Waals surface area contributed by atoms with Gasteiger partial charge in [-0.2, -0.15) is 0 Å². The van der Waals surface area contributed by atoms with Crippen LogP contribution in [0.1, 0.15) is 27.1 Å². The van der Waals surface area contributed by atoms with Crippen LogP contribution < -0.4 is 9.47 Å². The molecule has 30 heavy (non-hydrogen) atoms. The molecular weight excluding hydrogens is 432 g/mol. The van der Waals surface area contributed by atoms with Gasteiger partial charge in [-0.05, 0) is 47.0 Å². The van der Waals surface area contributed by atoms with Crippen LogP contribution in [0.5, 0.6) is 11.5 Å². The van der Waals surface area contributed by atoms with E-state index in [1.165, 1.54) is 15.3 Å². The van der Waals surface area contributed by atoms with Crippen LogP contribution in [0.2, 0.25) is 0 Å². The Labute approximate surface area is 188 Å². The Morgan fingerprint density at radius 1 is 1.03 bits per heavy atom. The molecule has 0 saturated carbocycles. The summed E-state index contributed by atoms with van der Waals surface area (Å²) in [5.74, 6) is 1.46. The molecule has 0 amide bonds. The van der Waals surface area contributed by atoms with E-state index in [-0.39, 0.29) is 0 Å². The second-order valence-corrected chi connectivity index (χ2v) is 9.96. The number of fused-ring (bicyclic) bond motifs is 1. The van der Waals surface area contributed by atoms with Gasteiger partial charge in [0.25, 0.3) is 0 Å². The number of thiophene rings is 2. The van der Waals surface area contributed by atoms with Crippen LogP contribution >= 0.6 is 34.0 Å². The molecule has 0 spiro atoms. The van der Waals surface area contributed by atoms with E-state index in [1.807, 2.05) is 40.9 Å². The molecule has 0 radical (unpaired) electrons. The van der Waals surface area contributed by atoms with Gasteiger partial charge in [-0.25, -0.2) is 4.98 Å². The van der Waals surface area contributed by atoms with Gasteiger partial charge >= 0.3 is 0 Å². The van der Waals surface area contributed by atoms with Gasteiger partial charge < -0.3 is 9.47 Å². The maximum absolute atomic E-state index is 5.61. The SMILES string of the molecule is COc1cccc(-c2nc(CN3CCc4sccc4C3c3cccs3)cs2)c1OC. The molecule has 1 aliphatic heterocycles. The maximum Gasteiger partial charge on any atom is 0.170 e. The fourth-order valence-electron chi connectivity index (χ4n) is 4.09. The zero-order chi connectivity index (χ0) is 20.5. The average Bonchev–Trinajstić information content (AvgIpc) is 3.54. The number of benzene rings is 1. The summed E-state index contributed by atoms with van der Waals surface area (Å²) < 4.78 is 11.1. The predicted octanol–water partition coefficient (Wildman–Crippen LogP) is 6.10. The van der Waals surface area contributed by atoms with Gasteiger partial charge in [0.2, 0.25) is 0 Å². The lowest BCUT2D eigenvalue weighted by Gasteiger charge is -2.35. The number of ether oxygens (including phenoxy) is 2. The van der Waals surface area contributed by atoms with Gasteiger partial charge in [0, 0.05) is 28.2 Å². The predicted molar refractivity (Wildman–Crippen MR) is 125 cm³/mol. The van der Waals surface area contributed by atoms with Crippen LogP contribution in [0.4, 0.5) is 0 Å². The highest BCUT2D eigenvalue weighted by molar-refractivity contribution is 7.13. The molecule has 0 N–H and O–H groups in total. The van der Waals surface area contributed by atoms with Crippen LogP contribution in [0, 0.1) is 0 Å². The van der Waals surface area contributed by atoms with Crippen molar-refractivity contribution in [1.82, 2.24) is 9.88 Å². The molecule has 4 heterocycles. The lowest BCUT2D eigenvalue weighted by Crippen LogP contribution is -2.34. The van der Waals surface area contributed by atoms with E-state index in [2.05, 4.69) is 39.2 Å². The van der Waals surface area contributed by atoms with E-state index in [4.69, 9.17) is 14.5 Å². The molecule has 1 aliphatic rings. The third kappa shape index (κ3) is 3.56. The molecule has 0 aliphatic carbocycles. The van der Waals surface area contributed by atoms with Gasteiger partial charge in [-0.1, -0.05) is 12.1 Å². The Bertz CT molecular complexity index is 1130. The molecule has 0 fully saturated rings. The molecule has 4 nitrogen and oxygen atoms in total. The van der Waals surface area contributed by atoms with Crippen LogP contribution in [0.3, 0.4) is 0 Å². The van der Waals surface area contributed by atoms with Crippen molar-refractivity contribution in [1.29, 1.82) is 0 Å². The van der Waals surface area contributed by atoms with Crippen molar-refractivity contribution in [3.63, 3.8) is 0 Å². The van der Waals surface area contributed by atoms with Gasteiger partial charge in [0.1, 0.15) is 5.01 Å². The average molecular weight is 455 g/mol. The monoisotopic (exact) mass is 454 g/mol. The van der Waals surface area contributed by atoms with Crippen molar-refractivity contribution in [2.75, 3.05) is 20.8 Å². The first-order valence-corrected chi connectivity index (χ1v) is 12.4. The highest BCUT2D eigenvalue weighted by atomic mass is 32.1. The Morgan fingerprint density at radius 2 is 1.97 bits per heavy atom. The van der Waals surface area contributed by atoms with Crippen LogP contribution in [0.25, 0.3) is 10.6 Å². The summed E-state index contributed by atoms with van der Waals surface area (Å²) >= 11 is 5.38. The third-order valence-corrected chi connectivity index (χ3v) is 8.27. The topological polar surface area (TPSA) is 34.6 Å². The normalized spacial score (nSPS) is 16.4. The Hall–Kier alpha value is -2.19. The van der Waals surface area contributed by atoms with Gasteiger partial charge in [-0.15, -0.1) is 34.0 Å². The summed E-state index contributed by atoms with van der Waals surface area (Å²) in [4.78, 5) is 10.4. The fourth-order valence-corrected chi connectivity index (χ4v) is 6.70. The molecule has 4 aromatic rings. The largest absolute Gasteiger partial charge is 0.493 e. The van der Waals surface area contributed by atoms with Crippen molar-refractivity contribution in [2.24, 2.45) is 0 Å². The summed E-state index contributed by atoms with van der Waals surface area (Å²) in [5.41, 5.74) is 3.53. The zero-order valence-electron chi connectivity index (χ0n) is 16.8. The number of hydrogen-bond donors (Lipinski definition) is 0. The summed E-state index contributed by atoms with van der Waals surface area (Å²) in [6.07, 6.45) is 1.11. The quantitative estimate of drug-likeness (QED) is 0.353. The molecule has 154 valence electrons. The molecular formula is C23H22N2O2S3. The highest BCUT2D eigenvalue weighted by Crippen LogP contribution is 2.42. The minimum absolute atomic E-state index is 0.316. The van der Waals surface area contributed by atoms with Crippen molar-refractivity contribution < 1.29 is 9.47 Å². The van der Waals surface area contributed by atoms with E-state index >= 15 is 0 Å². The molecule has 1 atom stereocenters. The Balaban J connectivity index is 1.44. The Morgan fingerprint density at radius 3 is 2.77 bits per heavy atom. The second-order valence-electron chi connectivity index (χ2n) is 7.12. The standard InChI is InChI=1S/C23H22N2O2S3/c1-26-18-6-3-5-17(22(18)27-2)23-24-15(14-30-23)13-25-10-8-19-16(9-12-29-19)21(25)20-7-4-11-28-20/h3-7,9,11-12,14,21H,8,10,13H2,1-2H3. The van der Waals surface area contributed by atoms with E-state index < -0.39 is 0 Å². The summed E-state index contributed by atoms with van der Waals surface area (Å²) in [5, 5.41) is 7.53. The van der Waals surface area contributed by atoms with Crippen molar-refractivity contribution in [3.05, 3.63) is 73.6 Å². The van der Waals surface area contributed by atoms with Crippen molar-refractivity contribution in [3.8, 4) is 22.1 Å². The molecule has 7 heteroatoms. The smallest absolute Gasteiger partial charge is 0.170 e. The third-order valence-electron chi connectivity index (χ3n) is 5.43. The van der Waals surface area contributed by atoms with Gasteiger partial charge in [-0.3, -0.25) is 4.90 Å². The summed E-state index contributed by atoms with van der Waals surface area (Å²) in [6.45, 7) is 1.88. The number of rotatable bonds is 6. The van der Waals surface area contributed by atoms with E-state index in [1.54, 1.807) is 25.6 Å². The lowest BCUT2D eigenvalue weighted by molar-refractivity contribution is 0.207. The zero-order valence-corrected chi connectivity index (χ0v) is 19.3. The van der Waals surface area contributed by atoms with Gasteiger partial charge in [0.15, 0.2) is 11.5 Å². The molecule has 1 aromatic carbocycles. The summed E-state index contributed by atoms with van der Waals surface area (Å²) in [6, 6.07) is 12.9. The number of thiazole rings is 1. The van der Waals surface area contributed by atoms with Crippen molar-refractivity contribution >= 4 is 34.0 Å². The number of para-hydroxylation sites is 1. The first-order chi connectivity index (χ1) is 14.8. The van der Waals surface area contributed by atoms with E-state index in [0.29, 0.717) is 6.04 Å². The first-order valence-electron chi connectivity index (χ1n) is 9.78. The lowest BCUT2D eigenvalue weighted by atomic mass is 9.98. The number of aromatic nitrogens is 1. The molecule has 5 rings (SSSR count). The summed E-state index contributed by atoms with van der Waals surface area (Å²) in [7, 11) is 3.34. The molecule has 0 bridgehead atoms. The van der Waals surface area contributed by atoms with E-state index in [0.717, 1.165) is 47.3 Å². The fraction of sp³-hybridized carbons (Fsp3) is 0.261. The van der Waals surface area contributed by atoms with Gasteiger partial charge in [0.05, 0.1) is 31.5 Å². The van der Waals surface area contributed by atoms with Crippen LogP contribution in [-0.2, 0) is 13.0 Å². The van der Waals surface area contributed by atoms with Crippen molar-refractivity contribution in [2.45, 2.75) is 19.0 Å². The Kier molecular flexibility index (Phi) is 5.60. The van der Waals surface area contributed by atoms with Crippen LogP contribution in [-0.4, -0.2) is 30.6 Å². The highest BCUT2D eigenvalue weighted by Gasteiger charge is 2.30. The first kappa shape index (κ1) is 19.8.